The predicted molar refractivity (Wildman–Crippen MR) is 59.6 cm³/mol. The van der Waals surface area contributed by atoms with E-state index < -0.39 is 0 Å². The lowest BCUT2D eigenvalue weighted by molar-refractivity contribution is 0.0722. The minimum atomic E-state index is 0.240. The number of rotatable bonds is 3. The Balaban J connectivity index is 2.43. The van der Waals surface area contributed by atoms with Crippen molar-refractivity contribution in [2.45, 2.75) is 38.8 Å². The molecule has 3 heteroatoms. The van der Waals surface area contributed by atoms with Crippen LogP contribution in [0.25, 0.3) is 0 Å². The second-order valence-electron chi connectivity index (χ2n) is 4.95. The summed E-state index contributed by atoms with van der Waals surface area (Å²) in [5, 5.41) is 3.56. The minimum absolute atomic E-state index is 0.240. The van der Waals surface area contributed by atoms with Crippen LogP contribution in [0.15, 0.2) is 0 Å². The molecule has 0 radical (unpaired) electrons. The molecule has 0 bridgehead atoms. The zero-order valence-corrected chi connectivity index (χ0v) is 9.97. The number of ether oxygens (including phenoxy) is 1. The third-order valence-electron chi connectivity index (χ3n) is 2.79. The van der Waals surface area contributed by atoms with Crippen LogP contribution >= 0.6 is 0 Å². The molecule has 3 nitrogen and oxygen atoms in total. The van der Waals surface area contributed by atoms with E-state index in [1.54, 1.807) is 7.11 Å². The van der Waals surface area contributed by atoms with Crippen molar-refractivity contribution < 1.29 is 4.74 Å². The summed E-state index contributed by atoms with van der Waals surface area (Å²) in [6, 6.07) is 0. The van der Waals surface area contributed by atoms with Gasteiger partial charge in [0.1, 0.15) is 0 Å². The van der Waals surface area contributed by atoms with Crippen molar-refractivity contribution in [3.05, 3.63) is 0 Å². The fourth-order valence-electron chi connectivity index (χ4n) is 2.02. The molecule has 0 aromatic rings. The highest BCUT2D eigenvalue weighted by atomic mass is 16.5. The average Bonchev–Trinajstić information content (AvgIpc) is 2.26. The van der Waals surface area contributed by atoms with E-state index in [1.165, 1.54) is 13.0 Å². The van der Waals surface area contributed by atoms with E-state index in [-0.39, 0.29) is 5.54 Å². The first-order valence-corrected chi connectivity index (χ1v) is 5.54. The van der Waals surface area contributed by atoms with Crippen LogP contribution in [0, 0.1) is 0 Å². The second-order valence-corrected chi connectivity index (χ2v) is 4.95. The Morgan fingerprint density at radius 2 is 2.21 bits per heavy atom. The summed E-state index contributed by atoms with van der Waals surface area (Å²) in [5.41, 5.74) is 0.240. The van der Waals surface area contributed by atoms with Gasteiger partial charge in [-0.2, -0.15) is 0 Å². The SMILES string of the molecule is COC(C)CN1CCCNC(C)(C)C1. The third-order valence-corrected chi connectivity index (χ3v) is 2.79. The maximum atomic E-state index is 5.30. The lowest BCUT2D eigenvalue weighted by atomic mass is 10.1. The monoisotopic (exact) mass is 200 g/mol. The van der Waals surface area contributed by atoms with Crippen LogP contribution in [0.2, 0.25) is 0 Å². The summed E-state index contributed by atoms with van der Waals surface area (Å²) >= 11 is 0. The third kappa shape index (κ3) is 3.95. The summed E-state index contributed by atoms with van der Waals surface area (Å²) in [7, 11) is 1.78. The lowest BCUT2D eigenvalue weighted by Crippen LogP contribution is -2.47. The molecule has 1 N–H and O–H groups in total. The van der Waals surface area contributed by atoms with Crippen LogP contribution in [0.3, 0.4) is 0 Å². The first-order valence-electron chi connectivity index (χ1n) is 5.54. The maximum absolute atomic E-state index is 5.30. The van der Waals surface area contributed by atoms with E-state index in [9.17, 15) is 0 Å². The van der Waals surface area contributed by atoms with E-state index in [4.69, 9.17) is 4.74 Å². The Morgan fingerprint density at radius 3 is 2.86 bits per heavy atom. The van der Waals surface area contributed by atoms with Crippen molar-refractivity contribution in [3.8, 4) is 0 Å². The van der Waals surface area contributed by atoms with Gasteiger partial charge in [-0.15, -0.1) is 0 Å². The maximum Gasteiger partial charge on any atom is 0.0670 e. The van der Waals surface area contributed by atoms with E-state index in [1.807, 2.05) is 0 Å². The molecular weight excluding hydrogens is 176 g/mol. The fourth-order valence-corrected chi connectivity index (χ4v) is 2.02. The van der Waals surface area contributed by atoms with Gasteiger partial charge in [0.05, 0.1) is 6.10 Å². The summed E-state index contributed by atoms with van der Waals surface area (Å²) in [6.45, 7) is 11.1. The Labute approximate surface area is 87.8 Å². The number of methoxy groups -OCH3 is 1. The van der Waals surface area contributed by atoms with Crippen molar-refractivity contribution in [1.82, 2.24) is 10.2 Å². The highest BCUT2D eigenvalue weighted by Gasteiger charge is 2.24. The number of hydrogen-bond acceptors (Lipinski definition) is 3. The van der Waals surface area contributed by atoms with Gasteiger partial charge in [0.25, 0.3) is 0 Å². The molecule has 1 unspecified atom stereocenters. The first kappa shape index (κ1) is 12.0. The normalized spacial score (nSPS) is 25.7. The van der Waals surface area contributed by atoms with Crippen LogP contribution in [0.4, 0.5) is 0 Å². The van der Waals surface area contributed by atoms with Gasteiger partial charge in [0, 0.05) is 25.7 Å². The van der Waals surface area contributed by atoms with Crippen molar-refractivity contribution in [2.75, 3.05) is 33.3 Å². The van der Waals surface area contributed by atoms with Gasteiger partial charge in [0.2, 0.25) is 0 Å². The Kier molecular flexibility index (Phi) is 4.35. The number of hydrogen-bond donors (Lipinski definition) is 1. The molecule has 14 heavy (non-hydrogen) atoms. The zero-order chi connectivity index (χ0) is 10.6. The molecular formula is C11H24N2O. The lowest BCUT2D eigenvalue weighted by Gasteiger charge is -2.31. The predicted octanol–water partition coefficient (Wildman–Crippen LogP) is 1.10. The van der Waals surface area contributed by atoms with Crippen LogP contribution in [-0.4, -0.2) is 49.8 Å². The average molecular weight is 200 g/mol. The van der Waals surface area contributed by atoms with E-state index in [0.29, 0.717) is 6.10 Å². The molecule has 1 saturated heterocycles. The van der Waals surface area contributed by atoms with Gasteiger partial charge in [-0.1, -0.05) is 0 Å². The van der Waals surface area contributed by atoms with Crippen molar-refractivity contribution in [2.24, 2.45) is 0 Å². The Hall–Kier alpha value is -0.120. The summed E-state index contributed by atoms with van der Waals surface area (Å²) in [6.07, 6.45) is 1.57. The molecule has 0 aliphatic carbocycles. The highest BCUT2D eigenvalue weighted by Crippen LogP contribution is 2.11. The first-order chi connectivity index (χ1) is 6.53. The molecule has 1 rings (SSSR count). The quantitative estimate of drug-likeness (QED) is 0.738. The van der Waals surface area contributed by atoms with Gasteiger partial charge in [-0.05, 0) is 40.3 Å². The zero-order valence-electron chi connectivity index (χ0n) is 9.97. The molecule has 0 aromatic carbocycles. The molecule has 84 valence electrons. The minimum Gasteiger partial charge on any atom is -0.380 e. The standard InChI is InChI=1S/C11H24N2O/c1-10(14-4)8-13-7-5-6-12-11(2,3)9-13/h10,12H,5-9H2,1-4H3. The molecule has 1 fully saturated rings. The van der Waals surface area contributed by atoms with Gasteiger partial charge < -0.3 is 10.1 Å². The molecule has 1 aliphatic heterocycles. The van der Waals surface area contributed by atoms with Gasteiger partial charge >= 0.3 is 0 Å². The molecule has 0 saturated carbocycles. The fraction of sp³-hybridized carbons (Fsp3) is 1.00. The van der Waals surface area contributed by atoms with Crippen LogP contribution in [0.5, 0.6) is 0 Å². The van der Waals surface area contributed by atoms with E-state index in [0.717, 1.165) is 19.6 Å². The molecule has 1 heterocycles. The van der Waals surface area contributed by atoms with E-state index in [2.05, 4.69) is 31.0 Å². The van der Waals surface area contributed by atoms with Gasteiger partial charge in [0.15, 0.2) is 0 Å². The number of nitrogens with zero attached hydrogens (tertiary/aromatic N) is 1. The summed E-state index contributed by atoms with van der Waals surface area (Å²) < 4.78 is 5.30. The molecule has 1 aliphatic rings. The molecule has 1 atom stereocenters. The van der Waals surface area contributed by atoms with Gasteiger partial charge in [-0.3, -0.25) is 4.90 Å². The van der Waals surface area contributed by atoms with Crippen LogP contribution < -0.4 is 5.32 Å². The topological polar surface area (TPSA) is 24.5 Å². The Morgan fingerprint density at radius 1 is 1.50 bits per heavy atom. The number of nitrogens with one attached hydrogen (secondary N) is 1. The molecule has 0 spiro atoms. The van der Waals surface area contributed by atoms with E-state index >= 15 is 0 Å². The summed E-state index contributed by atoms with van der Waals surface area (Å²) in [5.74, 6) is 0. The Bertz CT molecular complexity index is 171. The van der Waals surface area contributed by atoms with Crippen molar-refractivity contribution >= 4 is 0 Å². The molecule has 0 amide bonds. The van der Waals surface area contributed by atoms with Gasteiger partial charge in [-0.25, -0.2) is 0 Å². The van der Waals surface area contributed by atoms with Crippen LogP contribution in [-0.2, 0) is 4.74 Å². The van der Waals surface area contributed by atoms with Crippen molar-refractivity contribution in [1.29, 1.82) is 0 Å². The largest absolute Gasteiger partial charge is 0.380 e. The second kappa shape index (κ2) is 5.10. The highest BCUT2D eigenvalue weighted by molar-refractivity contribution is 4.85. The van der Waals surface area contributed by atoms with Crippen LogP contribution in [0.1, 0.15) is 27.2 Å². The smallest absolute Gasteiger partial charge is 0.0670 e. The molecule has 0 aromatic heterocycles. The summed E-state index contributed by atoms with van der Waals surface area (Å²) in [4.78, 5) is 2.49. The van der Waals surface area contributed by atoms with Crippen molar-refractivity contribution in [3.63, 3.8) is 0 Å².